The van der Waals surface area contributed by atoms with E-state index >= 15 is 0 Å². The largest absolute Gasteiger partial charge is 0.454 e. The van der Waals surface area contributed by atoms with E-state index in [9.17, 15) is 0 Å². The van der Waals surface area contributed by atoms with Crippen molar-refractivity contribution in [2.24, 2.45) is 0 Å². The van der Waals surface area contributed by atoms with Crippen molar-refractivity contribution >= 4 is 12.4 Å². The fourth-order valence-electron chi connectivity index (χ4n) is 3.06. The third-order valence-corrected chi connectivity index (χ3v) is 4.08. The van der Waals surface area contributed by atoms with Crippen LogP contribution in [0.1, 0.15) is 22.7 Å². The third kappa shape index (κ3) is 2.71. The van der Waals surface area contributed by atoms with Crippen molar-refractivity contribution in [2.45, 2.75) is 18.9 Å². The van der Waals surface area contributed by atoms with E-state index in [2.05, 4.69) is 47.8 Å². The average Bonchev–Trinajstić information content (AvgIpc) is 2.94. The molecule has 0 amide bonds. The van der Waals surface area contributed by atoms with Gasteiger partial charge in [0.05, 0.1) is 0 Å². The topological polar surface area (TPSA) is 30.5 Å². The minimum atomic E-state index is 0. The van der Waals surface area contributed by atoms with Gasteiger partial charge in [-0.25, -0.2) is 0 Å². The maximum Gasteiger partial charge on any atom is 0.231 e. The molecule has 21 heavy (non-hydrogen) atoms. The summed E-state index contributed by atoms with van der Waals surface area (Å²) >= 11 is 0. The van der Waals surface area contributed by atoms with Crippen LogP contribution >= 0.6 is 12.4 Å². The lowest BCUT2D eigenvalue weighted by molar-refractivity contribution is 0.174. The maximum atomic E-state index is 5.51. The second-order valence-corrected chi connectivity index (χ2v) is 5.35. The van der Waals surface area contributed by atoms with Crippen LogP contribution in [0.15, 0.2) is 42.5 Å². The fraction of sp³-hybridized carbons (Fsp3) is 0.294. The first-order chi connectivity index (χ1) is 9.90. The molecule has 0 saturated carbocycles. The molecule has 3 nitrogen and oxygen atoms in total. The molecule has 4 heteroatoms. The molecule has 0 radical (unpaired) electrons. The second kappa shape index (κ2) is 5.96. The standard InChI is InChI=1S/C17H17NO2.ClH/c1-2-4-12(5-3-1)8-15-14-10-17-16(19-11-20-17)9-13(14)6-7-18-15;/h1-5,9-10,15,18H,6-8,11H2;1H/t15-;/m1./s1. The summed E-state index contributed by atoms with van der Waals surface area (Å²) in [7, 11) is 0. The molecule has 0 bridgehead atoms. The Hall–Kier alpha value is -1.71. The molecule has 2 aliphatic rings. The van der Waals surface area contributed by atoms with Crippen molar-refractivity contribution in [1.82, 2.24) is 5.32 Å². The van der Waals surface area contributed by atoms with Gasteiger partial charge < -0.3 is 14.8 Å². The molecule has 0 saturated heterocycles. The molecule has 1 atom stereocenters. The Morgan fingerprint density at radius 2 is 1.81 bits per heavy atom. The van der Waals surface area contributed by atoms with Crippen LogP contribution in [0.3, 0.4) is 0 Å². The lowest BCUT2D eigenvalue weighted by atomic mass is 9.90. The van der Waals surface area contributed by atoms with E-state index in [1.807, 2.05) is 0 Å². The highest BCUT2D eigenvalue weighted by Crippen LogP contribution is 2.38. The van der Waals surface area contributed by atoms with Crippen LogP contribution in [0.25, 0.3) is 0 Å². The Morgan fingerprint density at radius 1 is 1.05 bits per heavy atom. The predicted molar refractivity (Wildman–Crippen MR) is 84.4 cm³/mol. The summed E-state index contributed by atoms with van der Waals surface area (Å²) in [5, 5.41) is 3.62. The molecule has 110 valence electrons. The molecule has 0 aliphatic carbocycles. The molecule has 2 aromatic rings. The molecule has 0 unspecified atom stereocenters. The highest BCUT2D eigenvalue weighted by Gasteiger charge is 2.24. The van der Waals surface area contributed by atoms with E-state index in [1.165, 1.54) is 16.7 Å². The number of ether oxygens (including phenoxy) is 2. The fourth-order valence-corrected chi connectivity index (χ4v) is 3.06. The van der Waals surface area contributed by atoms with Gasteiger partial charge in [-0.3, -0.25) is 0 Å². The highest BCUT2D eigenvalue weighted by atomic mass is 35.5. The summed E-state index contributed by atoms with van der Waals surface area (Å²) in [5.74, 6) is 1.77. The average molecular weight is 304 g/mol. The Morgan fingerprint density at radius 3 is 2.62 bits per heavy atom. The van der Waals surface area contributed by atoms with Crippen molar-refractivity contribution in [3.63, 3.8) is 0 Å². The van der Waals surface area contributed by atoms with Gasteiger partial charge >= 0.3 is 0 Å². The van der Waals surface area contributed by atoms with Crippen molar-refractivity contribution in [3.8, 4) is 11.5 Å². The van der Waals surface area contributed by atoms with E-state index in [0.717, 1.165) is 30.9 Å². The number of hydrogen-bond acceptors (Lipinski definition) is 3. The Labute approximate surface area is 130 Å². The Balaban J connectivity index is 0.00000132. The van der Waals surface area contributed by atoms with Gasteiger partial charge in [0.1, 0.15) is 0 Å². The van der Waals surface area contributed by atoms with Crippen molar-refractivity contribution in [3.05, 3.63) is 59.2 Å². The van der Waals surface area contributed by atoms with Gasteiger partial charge in [-0.05, 0) is 48.2 Å². The summed E-state index contributed by atoms with van der Waals surface area (Å²) < 4.78 is 11.0. The minimum Gasteiger partial charge on any atom is -0.454 e. The van der Waals surface area contributed by atoms with Crippen LogP contribution in [0.4, 0.5) is 0 Å². The van der Waals surface area contributed by atoms with Crippen molar-refractivity contribution < 1.29 is 9.47 Å². The predicted octanol–water partition coefficient (Wildman–Crippen LogP) is 3.27. The van der Waals surface area contributed by atoms with E-state index < -0.39 is 0 Å². The van der Waals surface area contributed by atoms with Crippen molar-refractivity contribution in [1.29, 1.82) is 0 Å². The Bertz CT molecular complexity index is 630. The normalized spacial score (nSPS) is 18.8. The lowest BCUT2D eigenvalue weighted by Crippen LogP contribution is -2.31. The second-order valence-electron chi connectivity index (χ2n) is 5.35. The Kier molecular flexibility index (Phi) is 4.04. The quantitative estimate of drug-likeness (QED) is 0.923. The molecule has 0 aromatic heterocycles. The van der Waals surface area contributed by atoms with Gasteiger partial charge in [0.25, 0.3) is 0 Å². The minimum absolute atomic E-state index is 0. The molecule has 1 N–H and O–H groups in total. The molecule has 4 rings (SSSR count). The van der Waals surface area contributed by atoms with Crippen LogP contribution in [-0.2, 0) is 12.8 Å². The summed E-state index contributed by atoms with van der Waals surface area (Å²) in [6, 6.07) is 15.3. The van der Waals surface area contributed by atoms with Crippen LogP contribution in [0, 0.1) is 0 Å². The van der Waals surface area contributed by atoms with Crippen LogP contribution < -0.4 is 14.8 Å². The maximum absolute atomic E-state index is 5.51. The number of hydrogen-bond donors (Lipinski definition) is 1. The molecule has 2 aliphatic heterocycles. The van der Waals surface area contributed by atoms with Crippen LogP contribution in [0.5, 0.6) is 11.5 Å². The van der Waals surface area contributed by atoms with Gasteiger partial charge in [-0.2, -0.15) is 0 Å². The van der Waals surface area contributed by atoms with Gasteiger partial charge in [0, 0.05) is 6.04 Å². The van der Waals surface area contributed by atoms with Gasteiger partial charge in [0.15, 0.2) is 11.5 Å². The zero-order chi connectivity index (χ0) is 13.4. The van der Waals surface area contributed by atoms with Crippen LogP contribution in [-0.4, -0.2) is 13.3 Å². The van der Waals surface area contributed by atoms with E-state index in [4.69, 9.17) is 9.47 Å². The summed E-state index contributed by atoms with van der Waals surface area (Å²) in [6.45, 7) is 1.36. The first kappa shape index (κ1) is 14.2. The molecule has 0 spiro atoms. The highest BCUT2D eigenvalue weighted by molar-refractivity contribution is 5.85. The van der Waals surface area contributed by atoms with Gasteiger partial charge in [-0.15, -0.1) is 12.4 Å². The molecular weight excluding hydrogens is 286 g/mol. The van der Waals surface area contributed by atoms with Crippen LogP contribution in [0.2, 0.25) is 0 Å². The number of fused-ring (bicyclic) bond motifs is 2. The van der Waals surface area contributed by atoms with E-state index in [-0.39, 0.29) is 12.4 Å². The zero-order valence-corrected chi connectivity index (χ0v) is 12.5. The molecule has 2 heterocycles. The van der Waals surface area contributed by atoms with Gasteiger partial charge in [0.2, 0.25) is 6.79 Å². The number of halogens is 1. The number of benzene rings is 2. The van der Waals surface area contributed by atoms with E-state index in [0.29, 0.717) is 12.8 Å². The molecular formula is C17H18ClNO2. The number of nitrogens with one attached hydrogen (secondary N) is 1. The first-order valence-electron chi connectivity index (χ1n) is 7.10. The molecule has 2 aromatic carbocycles. The van der Waals surface area contributed by atoms with Crippen molar-refractivity contribution in [2.75, 3.05) is 13.3 Å². The summed E-state index contributed by atoms with van der Waals surface area (Å²) in [6.07, 6.45) is 2.06. The molecule has 0 fully saturated rings. The zero-order valence-electron chi connectivity index (χ0n) is 11.7. The monoisotopic (exact) mass is 303 g/mol. The SMILES string of the molecule is Cl.c1ccc(C[C@H]2NCCc3cc4c(cc32)OCO4)cc1. The smallest absolute Gasteiger partial charge is 0.231 e. The lowest BCUT2D eigenvalue weighted by Gasteiger charge is -2.27. The summed E-state index contributed by atoms with van der Waals surface area (Å²) in [4.78, 5) is 0. The van der Waals surface area contributed by atoms with E-state index in [1.54, 1.807) is 0 Å². The third-order valence-electron chi connectivity index (χ3n) is 4.08. The number of rotatable bonds is 2. The van der Waals surface area contributed by atoms with Gasteiger partial charge in [-0.1, -0.05) is 30.3 Å². The first-order valence-corrected chi connectivity index (χ1v) is 7.10. The summed E-state index contributed by atoms with van der Waals surface area (Å²) in [5.41, 5.74) is 4.09.